The highest BCUT2D eigenvalue weighted by Crippen LogP contribution is 2.62. The number of hydrogen-bond acceptors (Lipinski definition) is 5. The fourth-order valence-corrected chi connectivity index (χ4v) is 5.77. The van der Waals surface area contributed by atoms with Gasteiger partial charge >= 0.3 is 11.9 Å². The minimum atomic E-state index is -0.444. The summed E-state index contributed by atoms with van der Waals surface area (Å²) >= 11 is 0. The Bertz CT molecular complexity index is 539. The summed E-state index contributed by atoms with van der Waals surface area (Å²) < 4.78 is 11.0. The van der Waals surface area contributed by atoms with Crippen LogP contribution in [-0.4, -0.2) is 35.9 Å². The van der Waals surface area contributed by atoms with Gasteiger partial charge in [0.15, 0.2) is 6.61 Å². The fraction of sp³-hybridized carbons (Fsp3) is 0.905. The molecule has 5 nitrogen and oxygen atoms in total. The van der Waals surface area contributed by atoms with Gasteiger partial charge in [-0.05, 0) is 67.6 Å². The van der Waals surface area contributed by atoms with Crippen LogP contribution in [0.25, 0.3) is 0 Å². The number of aliphatic hydroxyl groups is 1. The average Bonchev–Trinajstić information content (AvgIpc) is 2.56. The van der Waals surface area contributed by atoms with E-state index in [0.717, 1.165) is 44.9 Å². The second kappa shape index (κ2) is 7.14. The SMILES string of the molecule is CCC(C)(C)CCC(=O)OCC(=O)OC12CC3CC(CC(CO)(C3)C1)C2. The minimum Gasteiger partial charge on any atom is -0.457 e. The summed E-state index contributed by atoms with van der Waals surface area (Å²) in [7, 11) is 0. The van der Waals surface area contributed by atoms with Gasteiger partial charge in [-0.1, -0.05) is 27.2 Å². The number of aliphatic hydroxyl groups excluding tert-OH is 1. The van der Waals surface area contributed by atoms with Crippen molar-refractivity contribution in [2.24, 2.45) is 22.7 Å². The maximum absolute atomic E-state index is 12.3. The summed E-state index contributed by atoms with van der Waals surface area (Å²) in [6.45, 7) is 6.24. The van der Waals surface area contributed by atoms with E-state index in [1.807, 2.05) is 0 Å². The highest BCUT2D eigenvalue weighted by Gasteiger charge is 2.59. The van der Waals surface area contributed by atoms with E-state index >= 15 is 0 Å². The van der Waals surface area contributed by atoms with E-state index in [4.69, 9.17) is 9.47 Å². The third kappa shape index (κ3) is 4.24. The summed E-state index contributed by atoms with van der Waals surface area (Å²) in [5.41, 5.74) is -0.398. The molecule has 26 heavy (non-hydrogen) atoms. The molecule has 2 atom stereocenters. The van der Waals surface area contributed by atoms with E-state index in [-0.39, 0.29) is 30.0 Å². The molecule has 0 aromatic rings. The summed E-state index contributed by atoms with van der Waals surface area (Å²) in [4.78, 5) is 24.2. The van der Waals surface area contributed by atoms with E-state index in [1.165, 1.54) is 6.42 Å². The highest BCUT2D eigenvalue weighted by atomic mass is 16.6. The average molecular weight is 366 g/mol. The highest BCUT2D eigenvalue weighted by molar-refractivity contribution is 5.76. The number of ether oxygens (including phenoxy) is 2. The standard InChI is InChI=1S/C21H34O5/c1-4-19(2,3)6-5-17(23)25-12-18(24)26-21-10-15-7-16(11-21)9-20(8-15,13-21)14-22/h15-16,22H,4-14H2,1-3H3. The lowest BCUT2D eigenvalue weighted by atomic mass is 9.48. The lowest BCUT2D eigenvalue weighted by molar-refractivity contribution is -0.210. The van der Waals surface area contributed by atoms with Crippen molar-refractivity contribution in [1.29, 1.82) is 0 Å². The summed E-state index contributed by atoms with van der Waals surface area (Å²) in [5, 5.41) is 9.89. The van der Waals surface area contributed by atoms with E-state index < -0.39 is 11.6 Å². The van der Waals surface area contributed by atoms with Crippen molar-refractivity contribution in [2.45, 2.75) is 84.2 Å². The van der Waals surface area contributed by atoms with E-state index in [9.17, 15) is 14.7 Å². The molecule has 0 saturated heterocycles. The van der Waals surface area contributed by atoms with Crippen LogP contribution in [0.1, 0.15) is 78.6 Å². The molecule has 4 aliphatic carbocycles. The van der Waals surface area contributed by atoms with Crippen LogP contribution in [0.2, 0.25) is 0 Å². The van der Waals surface area contributed by atoms with Crippen molar-refractivity contribution in [3.8, 4) is 0 Å². The molecule has 4 saturated carbocycles. The Labute approximate surface area is 156 Å². The summed E-state index contributed by atoms with van der Waals surface area (Å²) in [6.07, 6.45) is 7.95. The van der Waals surface area contributed by atoms with Crippen LogP contribution in [0.5, 0.6) is 0 Å². The molecule has 5 heteroatoms. The van der Waals surface area contributed by atoms with Gasteiger partial charge in [-0.2, -0.15) is 0 Å². The van der Waals surface area contributed by atoms with Crippen molar-refractivity contribution in [1.82, 2.24) is 0 Å². The predicted octanol–water partition coefficient (Wildman–Crippen LogP) is 3.62. The van der Waals surface area contributed by atoms with Crippen molar-refractivity contribution >= 4 is 11.9 Å². The molecule has 0 radical (unpaired) electrons. The molecule has 148 valence electrons. The third-order valence-electron chi connectivity index (χ3n) is 7.11. The number of carbonyl (C=O) groups is 2. The first kappa shape index (κ1) is 19.7. The van der Waals surface area contributed by atoms with Crippen LogP contribution in [0.3, 0.4) is 0 Å². The maximum atomic E-state index is 12.3. The predicted molar refractivity (Wildman–Crippen MR) is 97.3 cm³/mol. The second-order valence-electron chi connectivity index (χ2n) is 9.95. The molecule has 4 fully saturated rings. The van der Waals surface area contributed by atoms with Gasteiger partial charge in [0.25, 0.3) is 0 Å². The van der Waals surface area contributed by atoms with Crippen LogP contribution in [0, 0.1) is 22.7 Å². The molecule has 4 rings (SSSR count). The van der Waals surface area contributed by atoms with Gasteiger partial charge in [-0.3, -0.25) is 4.79 Å². The lowest BCUT2D eigenvalue weighted by Gasteiger charge is -2.60. The first-order valence-corrected chi connectivity index (χ1v) is 10.2. The van der Waals surface area contributed by atoms with Crippen molar-refractivity contribution in [3.05, 3.63) is 0 Å². The van der Waals surface area contributed by atoms with Crippen LogP contribution in [-0.2, 0) is 19.1 Å². The quantitative estimate of drug-likeness (QED) is 0.664. The van der Waals surface area contributed by atoms with Gasteiger partial charge < -0.3 is 14.6 Å². The first-order valence-electron chi connectivity index (χ1n) is 10.2. The van der Waals surface area contributed by atoms with E-state index in [2.05, 4.69) is 20.8 Å². The van der Waals surface area contributed by atoms with Gasteiger partial charge in [0.05, 0.1) is 0 Å². The van der Waals surface area contributed by atoms with Gasteiger partial charge in [0.1, 0.15) is 5.60 Å². The Kier molecular flexibility index (Phi) is 5.40. The fourth-order valence-electron chi connectivity index (χ4n) is 5.77. The first-order chi connectivity index (χ1) is 12.2. The lowest BCUT2D eigenvalue weighted by Crippen LogP contribution is -2.58. The van der Waals surface area contributed by atoms with Gasteiger partial charge in [0, 0.05) is 13.0 Å². The zero-order chi connectivity index (χ0) is 19.0. The van der Waals surface area contributed by atoms with Crippen LogP contribution in [0.15, 0.2) is 0 Å². The van der Waals surface area contributed by atoms with Crippen LogP contribution >= 0.6 is 0 Å². The smallest absolute Gasteiger partial charge is 0.344 e. The second-order valence-corrected chi connectivity index (χ2v) is 9.95. The number of hydrogen-bond donors (Lipinski definition) is 1. The van der Waals surface area contributed by atoms with Gasteiger partial charge in [-0.25, -0.2) is 4.79 Å². The molecule has 0 spiro atoms. The molecule has 0 aromatic carbocycles. The normalized spacial score (nSPS) is 35.4. The Hall–Kier alpha value is -1.10. The summed E-state index contributed by atoms with van der Waals surface area (Å²) in [5.74, 6) is 0.328. The van der Waals surface area contributed by atoms with Gasteiger partial charge in [0.2, 0.25) is 0 Å². The Morgan fingerprint density at radius 1 is 1.12 bits per heavy atom. The van der Waals surface area contributed by atoms with E-state index in [1.54, 1.807) is 0 Å². The van der Waals surface area contributed by atoms with Crippen LogP contribution in [0.4, 0.5) is 0 Å². The minimum absolute atomic E-state index is 0.0627. The number of carbonyl (C=O) groups excluding carboxylic acids is 2. The molecule has 0 aliphatic heterocycles. The van der Waals surface area contributed by atoms with Crippen LogP contribution < -0.4 is 0 Å². The maximum Gasteiger partial charge on any atom is 0.344 e. The molecule has 0 amide bonds. The Morgan fingerprint density at radius 3 is 2.35 bits per heavy atom. The monoisotopic (exact) mass is 366 g/mol. The Balaban J connectivity index is 1.49. The molecule has 1 N–H and O–H groups in total. The largest absolute Gasteiger partial charge is 0.457 e. The van der Waals surface area contributed by atoms with Crippen molar-refractivity contribution < 1.29 is 24.2 Å². The number of rotatable bonds is 8. The molecule has 2 unspecified atom stereocenters. The molecular weight excluding hydrogens is 332 g/mol. The molecular formula is C21H34O5. The zero-order valence-corrected chi connectivity index (χ0v) is 16.5. The molecule has 0 heterocycles. The topological polar surface area (TPSA) is 72.8 Å². The third-order valence-corrected chi connectivity index (χ3v) is 7.11. The number of esters is 2. The summed E-state index contributed by atoms with van der Waals surface area (Å²) in [6, 6.07) is 0. The molecule has 4 aliphatic rings. The molecule has 4 bridgehead atoms. The van der Waals surface area contributed by atoms with Gasteiger partial charge in [-0.15, -0.1) is 0 Å². The van der Waals surface area contributed by atoms with Crippen molar-refractivity contribution in [2.75, 3.05) is 13.2 Å². The van der Waals surface area contributed by atoms with E-state index in [0.29, 0.717) is 18.3 Å². The van der Waals surface area contributed by atoms with Crippen molar-refractivity contribution in [3.63, 3.8) is 0 Å². The Morgan fingerprint density at radius 2 is 1.77 bits per heavy atom. The zero-order valence-electron chi connectivity index (χ0n) is 16.5. The molecule has 0 aromatic heterocycles.